The minimum atomic E-state index is 0.646. The van der Waals surface area contributed by atoms with Crippen molar-refractivity contribution in [3.63, 3.8) is 0 Å². The summed E-state index contributed by atoms with van der Waals surface area (Å²) < 4.78 is 0. The van der Waals surface area contributed by atoms with Crippen LogP contribution in [0.15, 0.2) is 36.5 Å². The first-order valence-corrected chi connectivity index (χ1v) is 7.11. The molecule has 2 aromatic rings. The topological polar surface area (TPSA) is 28.2 Å². The fourth-order valence-electron chi connectivity index (χ4n) is 2.01. The number of benzene rings is 1. The van der Waals surface area contributed by atoms with E-state index in [0.717, 1.165) is 28.5 Å². The Bertz CT molecular complexity index is 587. The maximum atomic E-state index is 6.30. The maximum Gasteiger partial charge on any atom is 0.147 e. The SMILES string of the molecule is CNCc1cnc(N(C)Cc2ccccc2Cl)c(Cl)c1. The van der Waals surface area contributed by atoms with E-state index < -0.39 is 0 Å². The molecule has 106 valence electrons. The van der Waals surface area contributed by atoms with E-state index in [1.165, 1.54) is 0 Å². The van der Waals surface area contributed by atoms with Gasteiger partial charge in [-0.05, 0) is 30.3 Å². The van der Waals surface area contributed by atoms with Crippen LogP contribution in [0, 0.1) is 0 Å². The normalized spacial score (nSPS) is 10.6. The van der Waals surface area contributed by atoms with Crippen LogP contribution in [0.5, 0.6) is 0 Å². The van der Waals surface area contributed by atoms with Gasteiger partial charge in [-0.2, -0.15) is 0 Å². The zero-order chi connectivity index (χ0) is 14.5. The van der Waals surface area contributed by atoms with Crippen molar-refractivity contribution in [2.24, 2.45) is 0 Å². The minimum Gasteiger partial charge on any atom is -0.354 e. The second-order valence-electron chi connectivity index (χ2n) is 4.63. The van der Waals surface area contributed by atoms with Crippen molar-refractivity contribution in [3.8, 4) is 0 Å². The molecule has 0 unspecified atom stereocenters. The molecule has 1 heterocycles. The van der Waals surface area contributed by atoms with Crippen LogP contribution in [0.1, 0.15) is 11.1 Å². The van der Waals surface area contributed by atoms with Crippen LogP contribution in [-0.4, -0.2) is 19.1 Å². The van der Waals surface area contributed by atoms with Crippen molar-refractivity contribution >= 4 is 29.0 Å². The summed E-state index contributed by atoms with van der Waals surface area (Å²) in [5.41, 5.74) is 2.11. The number of halogens is 2. The average Bonchev–Trinajstić information content (AvgIpc) is 2.42. The molecule has 0 atom stereocenters. The van der Waals surface area contributed by atoms with Crippen LogP contribution in [0.2, 0.25) is 10.0 Å². The molecule has 0 amide bonds. The Hall–Kier alpha value is -1.29. The summed E-state index contributed by atoms with van der Waals surface area (Å²) in [4.78, 5) is 6.43. The van der Waals surface area contributed by atoms with E-state index in [2.05, 4.69) is 10.3 Å². The number of hydrogen-bond acceptors (Lipinski definition) is 3. The number of aromatic nitrogens is 1. The Morgan fingerprint density at radius 1 is 1.20 bits per heavy atom. The summed E-state index contributed by atoms with van der Waals surface area (Å²) in [5, 5.41) is 4.48. The number of anilines is 1. The molecule has 0 spiro atoms. The van der Waals surface area contributed by atoms with Gasteiger partial charge in [0.05, 0.1) is 5.02 Å². The molecule has 0 fully saturated rings. The third-order valence-corrected chi connectivity index (χ3v) is 3.63. The maximum absolute atomic E-state index is 6.30. The third-order valence-electron chi connectivity index (χ3n) is 2.99. The molecule has 0 bridgehead atoms. The van der Waals surface area contributed by atoms with Crippen LogP contribution in [-0.2, 0) is 13.1 Å². The first-order chi connectivity index (χ1) is 9.61. The van der Waals surface area contributed by atoms with Crippen molar-refractivity contribution in [2.45, 2.75) is 13.1 Å². The number of pyridine rings is 1. The van der Waals surface area contributed by atoms with Crippen LogP contribution >= 0.6 is 23.2 Å². The molecule has 3 nitrogen and oxygen atoms in total. The largest absolute Gasteiger partial charge is 0.354 e. The third kappa shape index (κ3) is 3.63. The summed E-state index contributed by atoms with van der Waals surface area (Å²) >= 11 is 12.5. The van der Waals surface area contributed by atoms with E-state index in [-0.39, 0.29) is 0 Å². The summed E-state index contributed by atoms with van der Waals surface area (Å²) in [6.07, 6.45) is 1.83. The molecule has 0 saturated carbocycles. The molecule has 0 aliphatic rings. The Morgan fingerprint density at radius 3 is 2.60 bits per heavy atom. The van der Waals surface area contributed by atoms with Crippen LogP contribution in [0.25, 0.3) is 0 Å². The molecule has 2 rings (SSSR count). The highest BCUT2D eigenvalue weighted by molar-refractivity contribution is 6.33. The zero-order valence-electron chi connectivity index (χ0n) is 11.5. The molecule has 1 aromatic carbocycles. The highest BCUT2D eigenvalue weighted by Gasteiger charge is 2.10. The van der Waals surface area contributed by atoms with E-state index in [9.17, 15) is 0 Å². The number of nitrogens with one attached hydrogen (secondary N) is 1. The fourth-order valence-corrected chi connectivity index (χ4v) is 2.54. The van der Waals surface area contributed by atoms with Gasteiger partial charge in [0.25, 0.3) is 0 Å². The van der Waals surface area contributed by atoms with E-state index in [1.54, 1.807) is 0 Å². The van der Waals surface area contributed by atoms with E-state index in [1.807, 2.05) is 55.5 Å². The first-order valence-electron chi connectivity index (χ1n) is 6.35. The smallest absolute Gasteiger partial charge is 0.147 e. The van der Waals surface area contributed by atoms with Gasteiger partial charge in [-0.25, -0.2) is 4.98 Å². The Balaban J connectivity index is 2.17. The minimum absolute atomic E-state index is 0.646. The van der Waals surface area contributed by atoms with Gasteiger partial charge in [-0.15, -0.1) is 0 Å². The molecule has 0 aliphatic carbocycles. The molecular weight excluding hydrogens is 293 g/mol. The second-order valence-corrected chi connectivity index (χ2v) is 5.44. The van der Waals surface area contributed by atoms with Crippen LogP contribution in [0.4, 0.5) is 5.82 Å². The highest BCUT2D eigenvalue weighted by Crippen LogP contribution is 2.26. The average molecular weight is 310 g/mol. The Morgan fingerprint density at radius 2 is 1.95 bits per heavy atom. The highest BCUT2D eigenvalue weighted by atomic mass is 35.5. The summed E-state index contributed by atoms with van der Waals surface area (Å²) in [7, 11) is 3.85. The van der Waals surface area contributed by atoms with Crippen molar-refractivity contribution in [2.75, 3.05) is 19.0 Å². The number of rotatable bonds is 5. The van der Waals surface area contributed by atoms with Crippen molar-refractivity contribution in [3.05, 3.63) is 57.7 Å². The predicted molar refractivity (Wildman–Crippen MR) is 85.6 cm³/mol. The van der Waals surface area contributed by atoms with Gasteiger partial charge in [0.15, 0.2) is 0 Å². The van der Waals surface area contributed by atoms with Gasteiger partial charge in [0.1, 0.15) is 5.82 Å². The molecule has 1 aromatic heterocycles. The zero-order valence-corrected chi connectivity index (χ0v) is 13.0. The molecule has 20 heavy (non-hydrogen) atoms. The van der Waals surface area contributed by atoms with E-state index in [0.29, 0.717) is 11.6 Å². The van der Waals surface area contributed by atoms with Crippen molar-refractivity contribution in [1.29, 1.82) is 0 Å². The predicted octanol–water partition coefficient (Wildman–Crippen LogP) is 3.74. The summed E-state index contributed by atoms with van der Waals surface area (Å²) in [6.45, 7) is 1.42. The summed E-state index contributed by atoms with van der Waals surface area (Å²) in [6, 6.07) is 9.71. The standard InChI is InChI=1S/C15H17Cl2N3/c1-18-8-11-7-14(17)15(19-9-11)20(2)10-12-5-3-4-6-13(12)16/h3-7,9,18H,8,10H2,1-2H3. The Labute approximate surface area is 129 Å². The lowest BCUT2D eigenvalue weighted by molar-refractivity contribution is 0.810. The molecule has 0 aliphatic heterocycles. The Kier molecular flexibility index (Phi) is 5.24. The van der Waals surface area contributed by atoms with Crippen molar-refractivity contribution in [1.82, 2.24) is 10.3 Å². The van der Waals surface area contributed by atoms with Gasteiger partial charge < -0.3 is 10.2 Å². The summed E-state index contributed by atoms with van der Waals surface area (Å²) in [5.74, 6) is 0.756. The van der Waals surface area contributed by atoms with Crippen LogP contribution in [0.3, 0.4) is 0 Å². The van der Waals surface area contributed by atoms with Gasteiger partial charge in [-0.3, -0.25) is 0 Å². The van der Waals surface area contributed by atoms with Crippen molar-refractivity contribution < 1.29 is 0 Å². The lowest BCUT2D eigenvalue weighted by Crippen LogP contribution is -2.18. The van der Waals surface area contributed by atoms with Gasteiger partial charge in [0, 0.05) is 31.4 Å². The lowest BCUT2D eigenvalue weighted by atomic mass is 10.2. The molecular formula is C15H17Cl2N3. The fraction of sp³-hybridized carbons (Fsp3) is 0.267. The monoisotopic (exact) mass is 309 g/mol. The number of nitrogens with zero attached hydrogens (tertiary/aromatic N) is 2. The van der Waals surface area contributed by atoms with Gasteiger partial charge in [0.2, 0.25) is 0 Å². The van der Waals surface area contributed by atoms with E-state index in [4.69, 9.17) is 23.2 Å². The van der Waals surface area contributed by atoms with Crippen LogP contribution < -0.4 is 10.2 Å². The molecule has 5 heteroatoms. The lowest BCUT2D eigenvalue weighted by Gasteiger charge is -2.20. The van der Waals surface area contributed by atoms with Gasteiger partial charge >= 0.3 is 0 Å². The number of hydrogen-bond donors (Lipinski definition) is 1. The van der Waals surface area contributed by atoms with E-state index >= 15 is 0 Å². The molecule has 1 N–H and O–H groups in total. The molecule has 0 radical (unpaired) electrons. The second kappa shape index (κ2) is 6.93. The van der Waals surface area contributed by atoms with Gasteiger partial charge in [-0.1, -0.05) is 41.4 Å². The quantitative estimate of drug-likeness (QED) is 0.912. The first kappa shape index (κ1) is 15.1. The molecule has 0 saturated heterocycles.